The summed E-state index contributed by atoms with van der Waals surface area (Å²) in [4.78, 5) is 9.37. The van der Waals surface area contributed by atoms with E-state index in [-0.39, 0.29) is 19.3 Å². The number of aliphatic hydroxyl groups is 1. The lowest BCUT2D eigenvalue weighted by atomic mass is 9.88. The number of carboxylic acid groups (broad SMARTS) is 1. The van der Waals surface area contributed by atoms with Crippen LogP contribution in [0.3, 0.4) is 0 Å². The van der Waals surface area contributed by atoms with Crippen molar-refractivity contribution in [2.75, 3.05) is 66.1 Å². The Labute approximate surface area is 299 Å². The van der Waals surface area contributed by atoms with Gasteiger partial charge in [0, 0.05) is 57.7 Å². The van der Waals surface area contributed by atoms with Gasteiger partial charge in [-0.15, -0.1) is 0 Å². The minimum atomic E-state index is -2.34. The minimum Gasteiger partial charge on any atom is -0.481 e. The van der Waals surface area contributed by atoms with Crippen LogP contribution in [-0.4, -0.2) is 94.3 Å². The fourth-order valence-corrected chi connectivity index (χ4v) is 4.38. The highest BCUT2D eigenvalue weighted by molar-refractivity contribution is 5.66. The Morgan fingerprint density at radius 1 is 0.673 bits per heavy atom. The number of halogens is 2. The van der Waals surface area contributed by atoms with E-state index in [1.165, 1.54) is 38.5 Å². The third-order valence-electron chi connectivity index (χ3n) is 8.56. The molecule has 2 atom stereocenters. The molecule has 49 heavy (non-hydrogen) atoms. The average molecular weight is 713 g/mol. The topological polar surface area (TPSA) is 104 Å². The van der Waals surface area contributed by atoms with E-state index in [9.17, 15) is 13.6 Å². The van der Waals surface area contributed by atoms with Crippen molar-refractivity contribution in [1.82, 2.24) is 0 Å². The van der Waals surface area contributed by atoms with Gasteiger partial charge < -0.3 is 33.9 Å². The van der Waals surface area contributed by atoms with Gasteiger partial charge in [-0.1, -0.05) is 74.7 Å². The second-order valence-corrected chi connectivity index (χ2v) is 15.2. The van der Waals surface area contributed by atoms with Gasteiger partial charge in [-0.3, -0.25) is 4.79 Å². The van der Waals surface area contributed by atoms with Crippen molar-refractivity contribution in [1.29, 1.82) is 0 Å². The number of rotatable bonds is 2. The van der Waals surface area contributed by atoms with Crippen molar-refractivity contribution in [3.63, 3.8) is 0 Å². The molecule has 10 heteroatoms. The van der Waals surface area contributed by atoms with Crippen LogP contribution in [0.1, 0.15) is 139 Å². The number of hydrogen-bond acceptors (Lipinski definition) is 7. The Balaban J connectivity index is 0. The van der Waals surface area contributed by atoms with E-state index in [1.54, 1.807) is 6.92 Å². The van der Waals surface area contributed by atoms with Crippen LogP contribution in [0.25, 0.3) is 0 Å². The molecule has 0 amide bonds. The van der Waals surface area contributed by atoms with Gasteiger partial charge in [0.05, 0.1) is 39.1 Å². The maximum absolute atomic E-state index is 12.4. The van der Waals surface area contributed by atoms with E-state index in [4.69, 9.17) is 33.9 Å². The van der Waals surface area contributed by atoms with E-state index in [1.807, 2.05) is 20.8 Å². The van der Waals surface area contributed by atoms with Crippen LogP contribution < -0.4 is 0 Å². The van der Waals surface area contributed by atoms with Crippen molar-refractivity contribution >= 4 is 5.97 Å². The molecule has 6 aliphatic rings. The van der Waals surface area contributed by atoms with Gasteiger partial charge in [0.2, 0.25) is 5.92 Å². The highest BCUT2D eigenvalue weighted by Gasteiger charge is 2.33. The molecule has 296 valence electrons. The highest BCUT2D eigenvalue weighted by Crippen LogP contribution is 2.35. The molecule has 0 aromatic carbocycles. The van der Waals surface area contributed by atoms with E-state index in [0.717, 1.165) is 83.6 Å². The minimum absolute atomic E-state index is 0.105. The largest absolute Gasteiger partial charge is 0.481 e. The first kappa shape index (κ1) is 50.2. The molecule has 8 nitrogen and oxygen atoms in total. The van der Waals surface area contributed by atoms with E-state index >= 15 is 0 Å². The number of aliphatic hydroxyl groups excluding tert-OH is 1. The van der Waals surface area contributed by atoms with Crippen molar-refractivity contribution in [2.24, 2.45) is 29.1 Å². The molecule has 0 spiro atoms. The lowest BCUT2D eigenvalue weighted by Crippen LogP contribution is -2.36. The molecular weight excluding hydrogens is 634 g/mol. The Hall–Kier alpha value is -0.910. The van der Waals surface area contributed by atoms with Crippen LogP contribution in [0, 0.1) is 29.1 Å². The standard InChI is InChI=1S/C7H12F2.C6H12O.C5H10O2.2C5H10O.C5H10.C3H6O2.C3H8O/c1-6-2-4-7(8,9)5-3-6;1-6-2-4-7-5-3-6;1-5-4-6-2-3-7-5;1-5(2)3-6-4-5;1-5-2-3-6-4-5;1-5-3-2-4-5;1-2-3(4)5;1-2-3-4/h6H,2-5H2,1H3;6H,2-5H2,1H3;5H,2-4H2,1H3;3-4H2,1-2H3;5H,2-4H2,1H3;5H,2-4H2,1H3;2H2,1H3,(H,4,5);4H,2-3H2,1H3/t;;5-;;5-;;;/m..1.1.../s1. The molecule has 0 aromatic heterocycles. The van der Waals surface area contributed by atoms with Crippen LogP contribution in [-0.2, 0) is 28.5 Å². The highest BCUT2D eigenvalue weighted by atomic mass is 19.3. The van der Waals surface area contributed by atoms with Crippen LogP contribution in [0.5, 0.6) is 0 Å². The van der Waals surface area contributed by atoms with Crippen molar-refractivity contribution in [3.05, 3.63) is 0 Å². The smallest absolute Gasteiger partial charge is 0.303 e. The number of aliphatic carboxylic acids is 1. The van der Waals surface area contributed by atoms with Gasteiger partial charge in [-0.25, -0.2) is 8.78 Å². The Kier molecular flexibility index (Phi) is 32.6. The summed E-state index contributed by atoms with van der Waals surface area (Å²) in [7, 11) is 0. The molecule has 2 aliphatic carbocycles. The molecule has 4 aliphatic heterocycles. The summed E-state index contributed by atoms with van der Waals surface area (Å²) in [6.07, 6.45) is 11.3. The number of alkyl halides is 2. The summed E-state index contributed by atoms with van der Waals surface area (Å²) >= 11 is 0. The number of carboxylic acids is 1. The van der Waals surface area contributed by atoms with Crippen LogP contribution in [0.4, 0.5) is 8.78 Å². The lowest BCUT2D eigenvalue weighted by molar-refractivity contribution is -0.136. The second-order valence-electron chi connectivity index (χ2n) is 15.2. The molecular formula is C39H78F2O8. The quantitative estimate of drug-likeness (QED) is 0.292. The van der Waals surface area contributed by atoms with Gasteiger partial charge in [-0.05, 0) is 69.1 Å². The summed E-state index contributed by atoms with van der Waals surface area (Å²) in [6, 6.07) is 0. The fourth-order valence-electron chi connectivity index (χ4n) is 4.38. The first-order chi connectivity index (χ1) is 23.1. The molecule has 0 bridgehead atoms. The number of ether oxygens (including phenoxy) is 5. The molecule has 2 N–H and O–H groups in total. The van der Waals surface area contributed by atoms with Gasteiger partial charge in [0.25, 0.3) is 0 Å². The second kappa shape index (κ2) is 31.8. The molecule has 0 radical (unpaired) electrons. The zero-order valence-electron chi connectivity index (χ0n) is 33.0. The summed E-state index contributed by atoms with van der Waals surface area (Å²) in [6.45, 7) is 27.3. The predicted octanol–water partition coefficient (Wildman–Crippen LogP) is 9.45. The fraction of sp³-hybridized carbons (Fsp3) is 0.974. The van der Waals surface area contributed by atoms with Crippen LogP contribution in [0.15, 0.2) is 0 Å². The van der Waals surface area contributed by atoms with Gasteiger partial charge in [0.15, 0.2) is 0 Å². The summed E-state index contributed by atoms with van der Waals surface area (Å²) in [5.41, 5.74) is 0.500. The third kappa shape index (κ3) is 36.7. The van der Waals surface area contributed by atoms with E-state index in [2.05, 4.69) is 34.6 Å². The molecule has 4 heterocycles. The van der Waals surface area contributed by atoms with E-state index < -0.39 is 11.9 Å². The van der Waals surface area contributed by atoms with Crippen LogP contribution >= 0.6 is 0 Å². The number of hydrogen-bond donors (Lipinski definition) is 2. The summed E-state index contributed by atoms with van der Waals surface area (Å²) in [5, 5.41) is 15.6. The average Bonchev–Trinajstić information content (AvgIpc) is 3.54. The first-order valence-electron chi connectivity index (χ1n) is 19.2. The molecule has 0 aromatic rings. The van der Waals surface area contributed by atoms with Gasteiger partial charge in [0.1, 0.15) is 0 Å². The summed E-state index contributed by atoms with van der Waals surface area (Å²) in [5.74, 6) is 0.232. The SMILES string of the molecule is CC1(C)COC1.CC1CCC(F)(F)CC1.CC1CCC1.CC1CCOCC1.CCC(=O)O.CCCO.C[C@@H]1CCOC1.C[C@@H]1COCCO1. The zero-order valence-corrected chi connectivity index (χ0v) is 33.0. The molecule has 6 rings (SSSR count). The number of carbonyl (C=O) groups is 1. The Morgan fingerprint density at radius 3 is 1.27 bits per heavy atom. The van der Waals surface area contributed by atoms with Crippen molar-refractivity contribution < 1.29 is 47.5 Å². The van der Waals surface area contributed by atoms with E-state index in [0.29, 0.717) is 36.9 Å². The van der Waals surface area contributed by atoms with Crippen LogP contribution in [0.2, 0.25) is 0 Å². The van der Waals surface area contributed by atoms with Crippen molar-refractivity contribution in [2.45, 2.75) is 151 Å². The Bertz CT molecular complexity index is 684. The van der Waals surface area contributed by atoms with Gasteiger partial charge >= 0.3 is 5.97 Å². The predicted molar refractivity (Wildman–Crippen MR) is 196 cm³/mol. The molecule has 4 saturated heterocycles. The Morgan fingerprint density at radius 2 is 1.10 bits per heavy atom. The molecule has 6 fully saturated rings. The summed E-state index contributed by atoms with van der Waals surface area (Å²) < 4.78 is 50.1. The monoisotopic (exact) mass is 713 g/mol. The maximum Gasteiger partial charge on any atom is 0.303 e. The first-order valence-corrected chi connectivity index (χ1v) is 19.2. The normalized spacial score (nSPS) is 25.3. The maximum atomic E-state index is 12.4. The molecule has 0 unspecified atom stereocenters. The van der Waals surface area contributed by atoms with Gasteiger partial charge in [-0.2, -0.15) is 0 Å². The third-order valence-corrected chi connectivity index (χ3v) is 8.56. The molecule has 2 saturated carbocycles. The zero-order chi connectivity index (χ0) is 37.6. The van der Waals surface area contributed by atoms with Crippen molar-refractivity contribution in [3.8, 4) is 0 Å². The lowest BCUT2D eigenvalue weighted by Gasteiger charge is -2.33.